The van der Waals surface area contributed by atoms with E-state index < -0.39 is 0 Å². The van der Waals surface area contributed by atoms with Gasteiger partial charge in [0.1, 0.15) is 15.8 Å². The Kier molecular flexibility index (Phi) is 5.74. The maximum absolute atomic E-state index is 13.2. The summed E-state index contributed by atoms with van der Waals surface area (Å²) < 4.78 is 2.09. The van der Waals surface area contributed by atoms with Crippen LogP contribution < -0.4 is 10.9 Å². The molecular weight excluding hydrogens is 404 g/mol. The minimum Gasteiger partial charge on any atom is -0.369 e. The first-order valence-corrected chi connectivity index (χ1v) is 11.2. The zero-order valence-electron chi connectivity index (χ0n) is 16.6. The fourth-order valence-corrected chi connectivity index (χ4v) is 5.14. The van der Waals surface area contributed by atoms with Gasteiger partial charge in [-0.25, -0.2) is 4.98 Å². The van der Waals surface area contributed by atoms with Crippen LogP contribution in [0.5, 0.6) is 0 Å². The molecule has 1 N–H and O–H groups in total. The molecule has 0 atom stereocenters. The third-order valence-corrected chi connectivity index (χ3v) is 6.57. The molecule has 1 saturated carbocycles. The van der Waals surface area contributed by atoms with Crippen molar-refractivity contribution in [2.45, 2.75) is 45.6 Å². The van der Waals surface area contributed by atoms with Crippen molar-refractivity contribution in [2.75, 3.05) is 11.9 Å². The zero-order chi connectivity index (χ0) is 20.5. The molecule has 2 aromatic rings. The molecule has 1 aliphatic heterocycles. The van der Waals surface area contributed by atoms with Crippen molar-refractivity contribution in [3.8, 4) is 0 Å². The average Bonchev–Trinajstić information content (AvgIpc) is 3.30. The van der Waals surface area contributed by atoms with E-state index in [0.29, 0.717) is 38.7 Å². The highest BCUT2D eigenvalue weighted by molar-refractivity contribution is 8.26. The van der Waals surface area contributed by atoms with Crippen LogP contribution in [0, 0.1) is 5.92 Å². The number of carbonyl (C=O) groups excluding carboxylic acids is 1. The Morgan fingerprint density at radius 3 is 2.79 bits per heavy atom. The molecule has 29 heavy (non-hydrogen) atoms. The smallest absolute Gasteiger partial charge is 0.267 e. The summed E-state index contributed by atoms with van der Waals surface area (Å²) in [4.78, 5) is 33.1. The predicted molar refractivity (Wildman–Crippen MR) is 122 cm³/mol. The number of anilines is 1. The third kappa shape index (κ3) is 3.96. The molecule has 1 aliphatic carbocycles. The minimum atomic E-state index is -0.201. The van der Waals surface area contributed by atoms with E-state index in [4.69, 9.17) is 12.2 Å². The molecule has 1 amide bonds. The van der Waals surface area contributed by atoms with Crippen molar-refractivity contribution in [1.82, 2.24) is 14.3 Å². The number of aromatic nitrogens is 2. The fourth-order valence-electron chi connectivity index (χ4n) is 3.76. The van der Waals surface area contributed by atoms with E-state index in [1.807, 2.05) is 6.07 Å². The van der Waals surface area contributed by atoms with Crippen molar-refractivity contribution < 1.29 is 4.79 Å². The van der Waals surface area contributed by atoms with Gasteiger partial charge < -0.3 is 5.32 Å². The summed E-state index contributed by atoms with van der Waals surface area (Å²) in [5, 5.41) is 3.28. The number of thiocarbonyl (C=S) groups is 1. The van der Waals surface area contributed by atoms with Gasteiger partial charge >= 0.3 is 0 Å². The first kappa shape index (κ1) is 20.1. The molecule has 152 valence electrons. The Balaban J connectivity index is 1.77. The standard InChI is InChI=1S/C21H24N4O2S2/c1-13(2)12-22-18-15(19(26)24-10-6-5-9-17(24)23-18)11-16-20(27)25(21(28)29-16)14-7-3-4-8-14/h5-6,9-11,13-14,22H,3-4,7-8,12H2,1-2H3/b16-11-. The lowest BCUT2D eigenvalue weighted by Crippen LogP contribution is -2.36. The molecule has 0 aromatic carbocycles. The van der Waals surface area contributed by atoms with Crippen LogP contribution in [0.15, 0.2) is 34.1 Å². The number of pyridine rings is 1. The summed E-state index contributed by atoms with van der Waals surface area (Å²) >= 11 is 6.76. The molecule has 0 radical (unpaired) electrons. The number of thioether (sulfide) groups is 1. The predicted octanol–water partition coefficient (Wildman–Crippen LogP) is 3.91. The van der Waals surface area contributed by atoms with Gasteiger partial charge in [-0.2, -0.15) is 0 Å². The van der Waals surface area contributed by atoms with Gasteiger partial charge in [0.05, 0.1) is 10.5 Å². The molecule has 3 heterocycles. The summed E-state index contributed by atoms with van der Waals surface area (Å²) in [7, 11) is 0. The second-order valence-electron chi connectivity index (χ2n) is 7.87. The molecule has 2 fully saturated rings. The van der Waals surface area contributed by atoms with Crippen molar-refractivity contribution >= 4 is 51.7 Å². The Hall–Kier alpha value is -2.19. The molecular formula is C21H24N4O2S2. The minimum absolute atomic E-state index is 0.0979. The zero-order valence-corrected chi connectivity index (χ0v) is 18.2. The van der Waals surface area contributed by atoms with E-state index in [9.17, 15) is 9.59 Å². The van der Waals surface area contributed by atoms with Crippen LogP contribution in [-0.2, 0) is 4.79 Å². The lowest BCUT2D eigenvalue weighted by Gasteiger charge is -2.21. The van der Waals surface area contributed by atoms with Crippen molar-refractivity contribution in [3.05, 3.63) is 45.2 Å². The molecule has 4 rings (SSSR count). The van der Waals surface area contributed by atoms with Crippen LogP contribution in [0.25, 0.3) is 11.7 Å². The number of fused-ring (bicyclic) bond motifs is 1. The van der Waals surface area contributed by atoms with Gasteiger partial charge in [0, 0.05) is 18.8 Å². The number of rotatable bonds is 5. The molecule has 0 bridgehead atoms. The Bertz CT molecular complexity index is 1050. The van der Waals surface area contributed by atoms with Gasteiger partial charge in [0.2, 0.25) is 0 Å². The summed E-state index contributed by atoms with van der Waals surface area (Å²) in [5.41, 5.74) is 0.758. The highest BCUT2D eigenvalue weighted by Crippen LogP contribution is 2.38. The van der Waals surface area contributed by atoms with Crippen LogP contribution in [0.3, 0.4) is 0 Å². The maximum Gasteiger partial charge on any atom is 0.267 e. The fraction of sp³-hybridized carbons (Fsp3) is 0.429. The molecule has 2 aliphatic rings. The Labute approximate surface area is 179 Å². The number of nitrogens with one attached hydrogen (secondary N) is 1. The van der Waals surface area contributed by atoms with Gasteiger partial charge in [0.25, 0.3) is 11.5 Å². The van der Waals surface area contributed by atoms with E-state index in [0.717, 1.165) is 25.7 Å². The second-order valence-corrected chi connectivity index (χ2v) is 9.55. The third-order valence-electron chi connectivity index (χ3n) is 5.24. The van der Waals surface area contributed by atoms with E-state index in [2.05, 4.69) is 24.1 Å². The second kappa shape index (κ2) is 8.28. The molecule has 8 heteroatoms. The van der Waals surface area contributed by atoms with Crippen LogP contribution in [0.2, 0.25) is 0 Å². The largest absolute Gasteiger partial charge is 0.369 e. The van der Waals surface area contributed by atoms with Crippen LogP contribution in [0.4, 0.5) is 5.82 Å². The summed E-state index contributed by atoms with van der Waals surface area (Å²) in [6.45, 7) is 4.86. The average molecular weight is 429 g/mol. The highest BCUT2D eigenvalue weighted by atomic mass is 32.2. The van der Waals surface area contributed by atoms with Gasteiger partial charge in [-0.15, -0.1) is 0 Å². The number of hydrogen-bond acceptors (Lipinski definition) is 6. The van der Waals surface area contributed by atoms with Gasteiger partial charge in [-0.3, -0.25) is 18.9 Å². The number of carbonyl (C=O) groups is 1. The molecule has 2 aromatic heterocycles. The van der Waals surface area contributed by atoms with Crippen molar-refractivity contribution in [2.24, 2.45) is 5.92 Å². The van der Waals surface area contributed by atoms with Crippen LogP contribution >= 0.6 is 24.0 Å². The van der Waals surface area contributed by atoms with E-state index >= 15 is 0 Å². The maximum atomic E-state index is 13.2. The van der Waals surface area contributed by atoms with E-state index in [-0.39, 0.29) is 17.5 Å². The quantitative estimate of drug-likeness (QED) is 0.575. The lowest BCUT2D eigenvalue weighted by molar-refractivity contribution is -0.123. The number of amides is 1. The number of nitrogens with zero attached hydrogens (tertiary/aromatic N) is 3. The lowest BCUT2D eigenvalue weighted by atomic mass is 10.2. The van der Waals surface area contributed by atoms with Gasteiger partial charge in [0.15, 0.2) is 0 Å². The van der Waals surface area contributed by atoms with Gasteiger partial charge in [-0.05, 0) is 37.0 Å². The summed E-state index contributed by atoms with van der Waals surface area (Å²) in [5.74, 6) is 0.791. The first-order valence-electron chi connectivity index (χ1n) is 9.98. The Morgan fingerprint density at radius 2 is 2.07 bits per heavy atom. The summed E-state index contributed by atoms with van der Waals surface area (Å²) in [6, 6.07) is 5.62. The summed E-state index contributed by atoms with van der Waals surface area (Å²) in [6.07, 6.45) is 7.58. The normalized spacial score (nSPS) is 19.3. The first-order chi connectivity index (χ1) is 14.0. The van der Waals surface area contributed by atoms with Crippen molar-refractivity contribution in [1.29, 1.82) is 0 Å². The van der Waals surface area contributed by atoms with Crippen LogP contribution in [-0.4, -0.2) is 37.1 Å². The monoisotopic (exact) mass is 428 g/mol. The van der Waals surface area contributed by atoms with Gasteiger partial charge in [-0.1, -0.05) is 56.7 Å². The Morgan fingerprint density at radius 1 is 1.31 bits per heavy atom. The molecule has 6 nitrogen and oxygen atoms in total. The molecule has 0 unspecified atom stereocenters. The van der Waals surface area contributed by atoms with Crippen molar-refractivity contribution in [3.63, 3.8) is 0 Å². The SMILES string of the molecule is CC(C)CNc1nc2ccccn2c(=O)c1/C=C1\SC(=S)N(C2CCCC2)C1=O. The topological polar surface area (TPSA) is 66.7 Å². The van der Waals surface area contributed by atoms with Crippen LogP contribution in [0.1, 0.15) is 45.1 Å². The van der Waals surface area contributed by atoms with E-state index in [1.54, 1.807) is 29.3 Å². The van der Waals surface area contributed by atoms with E-state index in [1.165, 1.54) is 16.2 Å². The molecule has 1 saturated heterocycles. The molecule has 0 spiro atoms. The number of hydrogen-bond donors (Lipinski definition) is 1. The highest BCUT2D eigenvalue weighted by Gasteiger charge is 2.38.